The van der Waals surface area contributed by atoms with Crippen LogP contribution in [0.25, 0.3) is 0 Å². The summed E-state index contributed by atoms with van der Waals surface area (Å²) in [4.78, 5) is 21.4. The van der Waals surface area contributed by atoms with Crippen LogP contribution in [0.4, 0.5) is 13.2 Å². The van der Waals surface area contributed by atoms with E-state index < -0.39 is 29.0 Å². The minimum absolute atomic E-state index is 0.436. The van der Waals surface area contributed by atoms with Crippen molar-refractivity contribution in [2.45, 2.75) is 24.4 Å². The van der Waals surface area contributed by atoms with Crippen LogP contribution >= 0.6 is 11.6 Å². The van der Waals surface area contributed by atoms with E-state index >= 15 is 0 Å². The van der Waals surface area contributed by atoms with Gasteiger partial charge in [0.15, 0.2) is 11.2 Å². The van der Waals surface area contributed by atoms with Crippen molar-refractivity contribution in [1.29, 1.82) is 0 Å². The molecule has 0 heterocycles. The summed E-state index contributed by atoms with van der Waals surface area (Å²) in [6.07, 6.45) is -3.95. The highest BCUT2D eigenvalue weighted by Gasteiger charge is 2.48. The van der Waals surface area contributed by atoms with Crippen LogP contribution in [0, 0.1) is 5.92 Å². The number of Topliss-reactive ketones (excluding diaryl/α,β-unsaturated/α-hetero) is 2. The molecule has 0 bridgehead atoms. The van der Waals surface area contributed by atoms with Crippen LogP contribution in [0.1, 0.15) is 12.8 Å². The molecule has 1 aliphatic rings. The van der Waals surface area contributed by atoms with Crippen molar-refractivity contribution in [2.24, 2.45) is 5.92 Å². The highest BCUT2D eigenvalue weighted by molar-refractivity contribution is 6.43. The summed E-state index contributed by atoms with van der Waals surface area (Å²) in [5.74, 6) is -3.40. The first-order valence-electron chi connectivity index (χ1n) is 3.63. The van der Waals surface area contributed by atoms with Gasteiger partial charge in [0.05, 0.1) is 0 Å². The summed E-state index contributed by atoms with van der Waals surface area (Å²) < 4.78 is 35.3. The van der Waals surface area contributed by atoms with Crippen molar-refractivity contribution in [3.63, 3.8) is 0 Å². The maximum atomic E-state index is 11.8. The van der Waals surface area contributed by atoms with E-state index in [1.165, 1.54) is 0 Å². The lowest BCUT2D eigenvalue weighted by Crippen LogP contribution is -2.36. The number of halogens is 4. The molecule has 0 radical (unpaired) electrons. The second-order valence-electron chi connectivity index (χ2n) is 2.90. The summed E-state index contributed by atoms with van der Waals surface area (Å²) in [7, 11) is 0. The monoisotopic (exact) mass is 214 g/mol. The van der Waals surface area contributed by atoms with Gasteiger partial charge in [0, 0.05) is 5.92 Å². The number of hydrogen-bond donors (Lipinski definition) is 0. The summed E-state index contributed by atoms with van der Waals surface area (Å²) in [6.45, 7) is 0. The van der Waals surface area contributed by atoms with E-state index in [9.17, 15) is 22.8 Å². The number of carbonyl (C=O) groups is 2. The van der Waals surface area contributed by atoms with Gasteiger partial charge >= 0.3 is 6.18 Å². The quantitative estimate of drug-likeness (QED) is 0.529. The molecule has 1 aliphatic carbocycles. The number of rotatable bonds is 3. The first-order chi connectivity index (χ1) is 5.84. The SMILES string of the molecule is O=C(C1CC1)[C@@H](Cl)C(=O)C(F)(F)F. The van der Waals surface area contributed by atoms with E-state index in [0.29, 0.717) is 12.8 Å². The molecule has 1 fully saturated rings. The molecule has 1 saturated carbocycles. The van der Waals surface area contributed by atoms with Gasteiger partial charge in [-0.1, -0.05) is 0 Å². The maximum absolute atomic E-state index is 11.8. The third-order valence-electron chi connectivity index (χ3n) is 1.74. The summed E-state index contributed by atoms with van der Waals surface area (Å²) in [6, 6.07) is 0. The van der Waals surface area contributed by atoms with E-state index in [2.05, 4.69) is 0 Å². The minimum Gasteiger partial charge on any atom is -0.297 e. The molecular weight excluding hydrogens is 209 g/mol. The molecule has 0 saturated heterocycles. The molecule has 0 spiro atoms. The first-order valence-corrected chi connectivity index (χ1v) is 4.06. The van der Waals surface area contributed by atoms with Gasteiger partial charge < -0.3 is 0 Å². The number of hydrogen-bond acceptors (Lipinski definition) is 2. The zero-order valence-corrected chi connectivity index (χ0v) is 7.15. The van der Waals surface area contributed by atoms with Gasteiger partial charge in [-0.15, -0.1) is 11.6 Å². The molecule has 1 rings (SSSR count). The standard InChI is InChI=1S/C7H6ClF3O2/c8-4(5(12)3-1-2-3)6(13)7(9,10)11/h3-4H,1-2H2/t4-/m1/s1. The Kier molecular flexibility index (Phi) is 2.66. The van der Waals surface area contributed by atoms with Crippen LogP contribution in [0.5, 0.6) is 0 Å². The zero-order valence-electron chi connectivity index (χ0n) is 6.40. The predicted octanol–water partition coefficient (Wildman–Crippen LogP) is 1.70. The Labute approximate surface area is 77.0 Å². The van der Waals surface area contributed by atoms with Crippen molar-refractivity contribution in [3.8, 4) is 0 Å². The van der Waals surface area contributed by atoms with Gasteiger partial charge in [-0.05, 0) is 12.8 Å². The molecule has 0 unspecified atom stereocenters. The van der Waals surface area contributed by atoms with Gasteiger partial charge in [-0.25, -0.2) is 0 Å². The predicted molar refractivity (Wildman–Crippen MR) is 38.4 cm³/mol. The van der Waals surface area contributed by atoms with Gasteiger partial charge in [-0.2, -0.15) is 13.2 Å². The van der Waals surface area contributed by atoms with Gasteiger partial charge in [0.2, 0.25) is 0 Å². The van der Waals surface area contributed by atoms with Crippen LogP contribution in [-0.4, -0.2) is 23.1 Å². The molecule has 2 nitrogen and oxygen atoms in total. The van der Waals surface area contributed by atoms with Gasteiger partial charge in [0.25, 0.3) is 5.78 Å². The van der Waals surface area contributed by atoms with Crippen LogP contribution in [0.3, 0.4) is 0 Å². The Bertz CT molecular complexity index is 245. The number of ketones is 2. The normalized spacial score (nSPS) is 19.7. The van der Waals surface area contributed by atoms with E-state index in [1.54, 1.807) is 0 Å². The van der Waals surface area contributed by atoms with E-state index in [0.717, 1.165) is 0 Å². The van der Waals surface area contributed by atoms with E-state index in [1.807, 2.05) is 0 Å². The molecule has 13 heavy (non-hydrogen) atoms. The lowest BCUT2D eigenvalue weighted by molar-refractivity contribution is -0.171. The highest BCUT2D eigenvalue weighted by atomic mass is 35.5. The fourth-order valence-electron chi connectivity index (χ4n) is 0.848. The molecular formula is C7H6ClF3O2. The van der Waals surface area contributed by atoms with Crippen LogP contribution in [-0.2, 0) is 9.59 Å². The molecule has 0 aromatic heterocycles. The van der Waals surface area contributed by atoms with E-state index in [4.69, 9.17) is 11.6 Å². The average Bonchev–Trinajstić information content (AvgIpc) is 2.81. The maximum Gasteiger partial charge on any atom is 0.452 e. The van der Waals surface area contributed by atoms with E-state index in [-0.39, 0.29) is 0 Å². The molecule has 0 aliphatic heterocycles. The van der Waals surface area contributed by atoms with Crippen molar-refractivity contribution < 1.29 is 22.8 Å². The fourth-order valence-corrected chi connectivity index (χ4v) is 1.15. The second kappa shape index (κ2) is 3.29. The number of alkyl halides is 4. The third-order valence-corrected chi connectivity index (χ3v) is 2.15. The summed E-state index contributed by atoms with van der Waals surface area (Å²) in [5, 5.41) is -2.05. The highest BCUT2D eigenvalue weighted by Crippen LogP contribution is 2.33. The molecule has 6 heteroatoms. The van der Waals surface area contributed by atoms with Crippen LogP contribution in [0.15, 0.2) is 0 Å². The van der Waals surface area contributed by atoms with Gasteiger partial charge in [-0.3, -0.25) is 9.59 Å². The molecule has 1 atom stereocenters. The molecule has 0 N–H and O–H groups in total. The van der Waals surface area contributed by atoms with Crippen LogP contribution < -0.4 is 0 Å². The Hall–Kier alpha value is -0.580. The Morgan fingerprint density at radius 2 is 1.77 bits per heavy atom. The number of carbonyl (C=O) groups excluding carboxylic acids is 2. The van der Waals surface area contributed by atoms with Crippen LogP contribution in [0.2, 0.25) is 0 Å². The van der Waals surface area contributed by atoms with Crippen molar-refractivity contribution in [3.05, 3.63) is 0 Å². The molecule has 0 aromatic carbocycles. The van der Waals surface area contributed by atoms with Crippen molar-refractivity contribution in [1.82, 2.24) is 0 Å². The zero-order chi connectivity index (χ0) is 10.2. The minimum atomic E-state index is -5.02. The van der Waals surface area contributed by atoms with Crippen molar-refractivity contribution in [2.75, 3.05) is 0 Å². The Morgan fingerprint density at radius 1 is 1.31 bits per heavy atom. The fraction of sp³-hybridized carbons (Fsp3) is 0.714. The average molecular weight is 215 g/mol. The van der Waals surface area contributed by atoms with Gasteiger partial charge in [0.1, 0.15) is 0 Å². The third kappa shape index (κ3) is 2.43. The molecule has 74 valence electrons. The summed E-state index contributed by atoms with van der Waals surface area (Å²) in [5.41, 5.74) is 0. The molecule has 0 amide bonds. The summed E-state index contributed by atoms with van der Waals surface area (Å²) >= 11 is 5.08. The van der Waals surface area contributed by atoms with Crippen molar-refractivity contribution >= 4 is 23.2 Å². The topological polar surface area (TPSA) is 34.1 Å². The Balaban J connectivity index is 2.61. The molecule has 0 aromatic rings. The largest absolute Gasteiger partial charge is 0.452 e. The smallest absolute Gasteiger partial charge is 0.297 e. The second-order valence-corrected chi connectivity index (χ2v) is 3.34. The lowest BCUT2D eigenvalue weighted by Gasteiger charge is -2.08. The Morgan fingerprint density at radius 3 is 2.08 bits per heavy atom. The first kappa shape index (κ1) is 10.5. The lowest BCUT2D eigenvalue weighted by atomic mass is 10.1.